The molecule has 0 heterocycles. The van der Waals surface area contributed by atoms with E-state index in [1.165, 1.54) is 6.26 Å². The van der Waals surface area contributed by atoms with Crippen molar-refractivity contribution in [3.63, 3.8) is 0 Å². The van der Waals surface area contributed by atoms with Gasteiger partial charge in [-0.1, -0.05) is 18.9 Å². The van der Waals surface area contributed by atoms with Crippen molar-refractivity contribution < 1.29 is 13.2 Å². The molecular weight excluding hydrogens is 429 g/mol. The molecule has 8 heteroatoms. The van der Waals surface area contributed by atoms with Gasteiger partial charge in [-0.3, -0.25) is 4.99 Å². The van der Waals surface area contributed by atoms with Crippen LogP contribution >= 0.6 is 24.0 Å². The first-order chi connectivity index (χ1) is 10.4. The SMILES string of the molecule is COc1cccc(NC(N)=NCC2(S(C)(=O)=O)CCCC2)c1.I. The smallest absolute Gasteiger partial charge is 0.193 e. The van der Waals surface area contributed by atoms with Crippen LogP contribution in [0.4, 0.5) is 5.69 Å². The van der Waals surface area contributed by atoms with Crippen molar-refractivity contribution in [3.8, 4) is 5.75 Å². The number of halogens is 1. The quantitative estimate of drug-likeness (QED) is 0.406. The number of ether oxygens (including phenoxy) is 1. The highest BCUT2D eigenvalue weighted by Gasteiger charge is 2.43. The maximum absolute atomic E-state index is 12.1. The molecule has 0 spiro atoms. The van der Waals surface area contributed by atoms with E-state index >= 15 is 0 Å². The lowest BCUT2D eigenvalue weighted by Gasteiger charge is -2.24. The molecule has 0 saturated heterocycles. The van der Waals surface area contributed by atoms with E-state index in [0.717, 1.165) is 18.5 Å². The molecular formula is C15H24IN3O3S. The zero-order valence-electron chi connectivity index (χ0n) is 13.4. The van der Waals surface area contributed by atoms with E-state index < -0.39 is 14.6 Å². The molecule has 0 amide bonds. The average molecular weight is 453 g/mol. The van der Waals surface area contributed by atoms with Crippen LogP contribution < -0.4 is 15.8 Å². The molecule has 1 aliphatic carbocycles. The van der Waals surface area contributed by atoms with Crippen molar-refractivity contribution in [2.24, 2.45) is 10.7 Å². The summed E-state index contributed by atoms with van der Waals surface area (Å²) in [5, 5.41) is 2.96. The van der Waals surface area contributed by atoms with Gasteiger partial charge < -0.3 is 15.8 Å². The Balaban J connectivity index is 0.00000264. The summed E-state index contributed by atoms with van der Waals surface area (Å²) in [7, 11) is -1.56. The van der Waals surface area contributed by atoms with Crippen LogP contribution in [-0.4, -0.2) is 39.0 Å². The normalized spacial score (nSPS) is 17.4. The second-order valence-electron chi connectivity index (χ2n) is 5.72. The summed E-state index contributed by atoms with van der Waals surface area (Å²) in [5.41, 5.74) is 6.63. The number of rotatable bonds is 5. The minimum absolute atomic E-state index is 0. The summed E-state index contributed by atoms with van der Waals surface area (Å²) in [6.07, 6.45) is 4.45. The molecule has 0 unspecified atom stereocenters. The van der Waals surface area contributed by atoms with Crippen LogP contribution in [0.15, 0.2) is 29.3 Å². The lowest BCUT2D eigenvalue weighted by atomic mass is 10.1. The molecule has 3 N–H and O–H groups in total. The molecule has 0 atom stereocenters. The van der Waals surface area contributed by atoms with Crippen LogP contribution in [0.2, 0.25) is 0 Å². The Kier molecular flexibility index (Phi) is 7.12. The summed E-state index contributed by atoms with van der Waals surface area (Å²) in [6.45, 7) is 0.203. The van der Waals surface area contributed by atoms with Gasteiger partial charge in [-0.25, -0.2) is 8.42 Å². The fraction of sp³-hybridized carbons (Fsp3) is 0.533. The Hall–Kier alpha value is -1.03. The van der Waals surface area contributed by atoms with Gasteiger partial charge in [0.05, 0.1) is 18.4 Å². The van der Waals surface area contributed by atoms with Crippen molar-refractivity contribution >= 4 is 45.5 Å². The first-order valence-electron chi connectivity index (χ1n) is 7.27. The number of guanidine groups is 1. The largest absolute Gasteiger partial charge is 0.497 e. The topological polar surface area (TPSA) is 93.8 Å². The summed E-state index contributed by atoms with van der Waals surface area (Å²) in [5.74, 6) is 0.921. The predicted molar refractivity (Wildman–Crippen MR) is 105 cm³/mol. The third kappa shape index (κ3) is 4.97. The number of nitrogens with zero attached hydrogens (tertiary/aromatic N) is 1. The number of hydrogen-bond acceptors (Lipinski definition) is 4. The zero-order valence-corrected chi connectivity index (χ0v) is 16.6. The Morgan fingerprint density at radius 1 is 1.39 bits per heavy atom. The van der Waals surface area contributed by atoms with Crippen molar-refractivity contribution in [2.75, 3.05) is 25.2 Å². The third-order valence-corrected chi connectivity index (χ3v) is 6.29. The van der Waals surface area contributed by atoms with Crippen LogP contribution in [0.25, 0.3) is 0 Å². The van der Waals surface area contributed by atoms with Crippen LogP contribution in [0.1, 0.15) is 25.7 Å². The van der Waals surface area contributed by atoms with E-state index in [4.69, 9.17) is 10.5 Å². The molecule has 0 aliphatic heterocycles. The van der Waals surface area contributed by atoms with E-state index in [0.29, 0.717) is 18.6 Å². The number of methoxy groups -OCH3 is 1. The number of anilines is 1. The molecule has 1 aliphatic rings. The molecule has 23 heavy (non-hydrogen) atoms. The Morgan fingerprint density at radius 3 is 2.61 bits per heavy atom. The lowest BCUT2D eigenvalue weighted by molar-refractivity contribution is 0.415. The third-order valence-electron chi connectivity index (χ3n) is 4.18. The van der Waals surface area contributed by atoms with E-state index in [-0.39, 0.29) is 36.5 Å². The molecule has 0 radical (unpaired) electrons. The molecule has 1 aromatic rings. The summed E-state index contributed by atoms with van der Waals surface area (Å²) in [6, 6.07) is 7.30. The molecule has 1 fully saturated rings. The summed E-state index contributed by atoms with van der Waals surface area (Å²) in [4.78, 5) is 4.26. The van der Waals surface area contributed by atoms with Crippen molar-refractivity contribution in [1.82, 2.24) is 0 Å². The van der Waals surface area contributed by atoms with Crippen LogP contribution in [0.5, 0.6) is 5.75 Å². The molecule has 0 bridgehead atoms. The highest BCUT2D eigenvalue weighted by Crippen LogP contribution is 2.36. The summed E-state index contributed by atoms with van der Waals surface area (Å²) >= 11 is 0. The van der Waals surface area contributed by atoms with Gasteiger partial charge in [-0.05, 0) is 25.0 Å². The lowest BCUT2D eigenvalue weighted by Crippen LogP contribution is -2.39. The monoisotopic (exact) mass is 453 g/mol. The number of sulfone groups is 1. The van der Waals surface area contributed by atoms with Crippen LogP contribution in [-0.2, 0) is 9.84 Å². The summed E-state index contributed by atoms with van der Waals surface area (Å²) < 4.78 is 28.5. The van der Waals surface area contributed by atoms with Crippen molar-refractivity contribution in [3.05, 3.63) is 24.3 Å². The van der Waals surface area contributed by atoms with Crippen LogP contribution in [0, 0.1) is 0 Å². The minimum atomic E-state index is -3.15. The number of benzene rings is 1. The van der Waals surface area contributed by atoms with Gasteiger partial charge in [-0.2, -0.15) is 0 Å². The van der Waals surface area contributed by atoms with Crippen molar-refractivity contribution in [1.29, 1.82) is 0 Å². The molecule has 2 rings (SSSR count). The number of aliphatic imine (C=N–C) groups is 1. The highest BCUT2D eigenvalue weighted by molar-refractivity contribution is 14.0. The van der Waals surface area contributed by atoms with E-state index in [1.807, 2.05) is 18.2 Å². The van der Waals surface area contributed by atoms with Gasteiger partial charge in [0.25, 0.3) is 0 Å². The number of nitrogens with one attached hydrogen (secondary N) is 1. The predicted octanol–water partition coefficient (Wildman–Crippen LogP) is 2.40. The Labute approximate surface area is 154 Å². The zero-order chi connectivity index (χ0) is 16.2. The molecule has 1 saturated carbocycles. The van der Waals surface area contributed by atoms with E-state index in [2.05, 4.69) is 10.3 Å². The van der Waals surface area contributed by atoms with Crippen molar-refractivity contribution in [2.45, 2.75) is 30.4 Å². The fourth-order valence-corrected chi connectivity index (χ4v) is 4.11. The maximum Gasteiger partial charge on any atom is 0.193 e. The van der Waals surface area contributed by atoms with E-state index in [1.54, 1.807) is 13.2 Å². The van der Waals surface area contributed by atoms with Gasteiger partial charge >= 0.3 is 0 Å². The first-order valence-corrected chi connectivity index (χ1v) is 9.16. The highest BCUT2D eigenvalue weighted by atomic mass is 127. The Morgan fingerprint density at radius 2 is 2.04 bits per heavy atom. The van der Waals surface area contributed by atoms with E-state index in [9.17, 15) is 8.42 Å². The van der Waals surface area contributed by atoms with Gasteiger partial charge in [0, 0.05) is 18.0 Å². The second-order valence-corrected chi connectivity index (χ2v) is 8.13. The van der Waals surface area contributed by atoms with Gasteiger partial charge in [-0.15, -0.1) is 24.0 Å². The maximum atomic E-state index is 12.1. The van der Waals surface area contributed by atoms with Crippen LogP contribution in [0.3, 0.4) is 0 Å². The Bertz CT molecular complexity index is 656. The van der Waals surface area contributed by atoms with Gasteiger partial charge in [0.2, 0.25) is 0 Å². The fourth-order valence-electron chi connectivity index (χ4n) is 2.78. The number of hydrogen-bond donors (Lipinski definition) is 2. The standard InChI is InChI=1S/C15H23N3O3S.HI/c1-21-13-7-5-6-12(10-13)18-14(16)17-11-15(22(2,19)20)8-3-4-9-15;/h5-7,10H,3-4,8-9,11H2,1-2H3,(H3,16,17,18);1H. The number of nitrogens with two attached hydrogens (primary N) is 1. The molecule has 0 aromatic heterocycles. The second kappa shape index (κ2) is 8.18. The average Bonchev–Trinajstić information content (AvgIpc) is 2.95. The first kappa shape index (κ1) is 20.0. The molecule has 1 aromatic carbocycles. The molecule has 130 valence electrons. The minimum Gasteiger partial charge on any atom is -0.497 e. The molecule has 6 nitrogen and oxygen atoms in total. The van der Waals surface area contributed by atoms with Gasteiger partial charge in [0.15, 0.2) is 15.8 Å². The van der Waals surface area contributed by atoms with Gasteiger partial charge in [0.1, 0.15) is 5.75 Å².